The molecule has 0 heterocycles. The predicted molar refractivity (Wildman–Crippen MR) is 52.4 cm³/mol. The van der Waals surface area contributed by atoms with Crippen LogP contribution >= 0.6 is 0 Å². The molecule has 0 aliphatic rings. The van der Waals surface area contributed by atoms with Gasteiger partial charge in [0.1, 0.15) is 0 Å². The second-order valence-corrected chi connectivity index (χ2v) is 3.55. The van der Waals surface area contributed by atoms with Crippen LogP contribution in [0, 0.1) is 0 Å². The zero-order chi connectivity index (χ0) is 10.3. The number of aliphatic hydroxyl groups excluding tert-OH is 1. The fourth-order valence-electron chi connectivity index (χ4n) is 1.17. The maximum Gasteiger partial charge on any atom is 0.167 e. The molecule has 0 aromatic rings. The van der Waals surface area contributed by atoms with Crippen molar-refractivity contribution in [1.82, 2.24) is 0 Å². The summed E-state index contributed by atoms with van der Waals surface area (Å²) in [5.74, 6) is -1.14. The van der Waals surface area contributed by atoms with Crippen molar-refractivity contribution >= 4 is 0 Å². The molecule has 80 valence electrons. The maximum absolute atomic E-state index is 9.83. The first-order valence-corrected chi connectivity index (χ1v) is 5.08. The van der Waals surface area contributed by atoms with Gasteiger partial charge < -0.3 is 14.9 Å². The molecule has 0 saturated carbocycles. The normalized spacial score (nSPS) is 18.2. The molecular weight excluding hydrogens is 168 g/mol. The minimum Gasteiger partial charge on any atom is -0.393 e. The Kier molecular flexibility index (Phi) is 6.29. The van der Waals surface area contributed by atoms with Crippen LogP contribution in [0.4, 0.5) is 0 Å². The molecule has 2 unspecified atom stereocenters. The van der Waals surface area contributed by atoms with Gasteiger partial charge in [-0.15, -0.1) is 0 Å². The minimum absolute atomic E-state index is 0.285. The quantitative estimate of drug-likeness (QED) is 0.474. The molecule has 0 saturated heterocycles. The summed E-state index contributed by atoms with van der Waals surface area (Å²) in [5, 5.41) is 19.0. The standard InChI is InChI=1S/C10H22O3/c1-4-6-7-13-10(12,5-2)8-9(3)11/h9,11-12H,4-8H2,1-3H3. The van der Waals surface area contributed by atoms with E-state index in [4.69, 9.17) is 9.84 Å². The van der Waals surface area contributed by atoms with Gasteiger partial charge in [-0.05, 0) is 19.8 Å². The lowest BCUT2D eigenvalue weighted by atomic mass is 10.1. The van der Waals surface area contributed by atoms with Crippen molar-refractivity contribution < 1.29 is 14.9 Å². The SMILES string of the molecule is CCCCOC(O)(CC)CC(C)O. The highest BCUT2D eigenvalue weighted by molar-refractivity contribution is 4.68. The number of rotatable bonds is 7. The van der Waals surface area contributed by atoms with E-state index in [1.54, 1.807) is 6.92 Å². The molecule has 0 bridgehead atoms. The van der Waals surface area contributed by atoms with Crippen LogP contribution in [0.2, 0.25) is 0 Å². The Balaban J connectivity index is 3.81. The highest BCUT2D eigenvalue weighted by Crippen LogP contribution is 2.19. The van der Waals surface area contributed by atoms with Gasteiger partial charge in [-0.3, -0.25) is 0 Å². The van der Waals surface area contributed by atoms with E-state index in [-0.39, 0.29) is 6.42 Å². The van der Waals surface area contributed by atoms with Gasteiger partial charge in [-0.25, -0.2) is 0 Å². The number of hydrogen-bond donors (Lipinski definition) is 2. The number of unbranched alkanes of at least 4 members (excludes halogenated alkanes) is 1. The van der Waals surface area contributed by atoms with Crippen LogP contribution in [0.3, 0.4) is 0 Å². The van der Waals surface area contributed by atoms with Crippen molar-refractivity contribution in [2.75, 3.05) is 6.61 Å². The van der Waals surface area contributed by atoms with E-state index in [9.17, 15) is 5.11 Å². The molecule has 0 fully saturated rings. The van der Waals surface area contributed by atoms with Crippen LogP contribution in [0.15, 0.2) is 0 Å². The molecule has 0 aliphatic carbocycles. The number of aliphatic hydroxyl groups is 2. The van der Waals surface area contributed by atoms with E-state index >= 15 is 0 Å². The van der Waals surface area contributed by atoms with Crippen molar-refractivity contribution in [3.63, 3.8) is 0 Å². The minimum atomic E-state index is -1.14. The Bertz CT molecular complexity index is 125. The summed E-state index contributed by atoms with van der Waals surface area (Å²) in [6.45, 7) is 6.15. The van der Waals surface area contributed by atoms with Crippen LogP contribution in [-0.4, -0.2) is 28.7 Å². The summed E-state index contributed by atoms with van der Waals surface area (Å²) in [7, 11) is 0. The monoisotopic (exact) mass is 190 g/mol. The molecule has 0 spiro atoms. The van der Waals surface area contributed by atoms with E-state index in [1.807, 2.05) is 6.92 Å². The average Bonchev–Trinajstić information content (AvgIpc) is 2.04. The smallest absolute Gasteiger partial charge is 0.167 e. The van der Waals surface area contributed by atoms with Gasteiger partial charge in [-0.1, -0.05) is 20.3 Å². The third-order valence-corrected chi connectivity index (χ3v) is 2.04. The largest absolute Gasteiger partial charge is 0.393 e. The Morgan fingerprint density at radius 2 is 2.00 bits per heavy atom. The zero-order valence-corrected chi connectivity index (χ0v) is 8.92. The maximum atomic E-state index is 9.83. The highest BCUT2D eigenvalue weighted by Gasteiger charge is 2.26. The van der Waals surface area contributed by atoms with Gasteiger partial charge in [0.25, 0.3) is 0 Å². The van der Waals surface area contributed by atoms with Crippen LogP contribution in [0.1, 0.15) is 46.5 Å². The predicted octanol–water partition coefficient (Wildman–Crippen LogP) is 1.67. The van der Waals surface area contributed by atoms with Gasteiger partial charge in [-0.2, -0.15) is 0 Å². The van der Waals surface area contributed by atoms with E-state index in [0.29, 0.717) is 13.0 Å². The Hall–Kier alpha value is -0.120. The first-order chi connectivity index (χ1) is 6.04. The molecule has 0 aromatic carbocycles. The molecule has 3 heteroatoms. The van der Waals surface area contributed by atoms with Crippen molar-refractivity contribution in [1.29, 1.82) is 0 Å². The Morgan fingerprint density at radius 3 is 2.38 bits per heavy atom. The van der Waals surface area contributed by atoms with Crippen LogP contribution in [0.25, 0.3) is 0 Å². The van der Waals surface area contributed by atoms with Crippen LogP contribution in [-0.2, 0) is 4.74 Å². The summed E-state index contributed by atoms with van der Waals surface area (Å²) >= 11 is 0. The fraction of sp³-hybridized carbons (Fsp3) is 1.00. The molecule has 0 aliphatic heterocycles. The van der Waals surface area contributed by atoms with Crippen LogP contribution in [0.5, 0.6) is 0 Å². The van der Waals surface area contributed by atoms with Gasteiger partial charge in [0.15, 0.2) is 5.79 Å². The molecule has 13 heavy (non-hydrogen) atoms. The topological polar surface area (TPSA) is 49.7 Å². The summed E-state index contributed by atoms with van der Waals surface area (Å²) in [6, 6.07) is 0. The summed E-state index contributed by atoms with van der Waals surface area (Å²) in [4.78, 5) is 0. The first kappa shape index (κ1) is 12.9. The lowest BCUT2D eigenvalue weighted by Gasteiger charge is -2.28. The summed E-state index contributed by atoms with van der Waals surface area (Å²) in [6.07, 6.45) is 2.28. The molecular formula is C10H22O3. The molecule has 3 nitrogen and oxygen atoms in total. The zero-order valence-electron chi connectivity index (χ0n) is 8.92. The van der Waals surface area contributed by atoms with E-state index in [1.165, 1.54) is 0 Å². The first-order valence-electron chi connectivity index (χ1n) is 5.08. The second kappa shape index (κ2) is 6.35. The molecule has 2 N–H and O–H groups in total. The molecule has 2 atom stereocenters. The summed E-state index contributed by atoms with van der Waals surface area (Å²) < 4.78 is 5.33. The van der Waals surface area contributed by atoms with Gasteiger partial charge >= 0.3 is 0 Å². The molecule has 0 radical (unpaired) electrons. The number of ether oxygens (including phenoxy) is 1. The third-order valence-electron chi connectivity index (χ3n) is 2.04. The van der Waals surface area contributed by atoms with Crippen molar-refractivity contribution in [2.24, 2.45) is 0 Å². The molecule has 0 aromatic heterocycles. The van der Waals surface area contributed by atoms with Crippen molar-refractivity contribution in [3.05, 3.63) is 0 Å². The highest BCUT2D eigenvalue weighted by atomic mass is 16.6. The van der Waals surface area contributed by atoms with Crippen LogP contribution < -0.4 is 0 Å². The lowest BCUT2D eigenvalue weighted by molar-refractivity contribution is -0.219. The van der Waals surface area contributed by atoms with E-state index in [0.717, 1.165) is 12.8 Å². The number of hydrogen-bond acceptors (Lipinski definition) is 3. The molecule has 0 rings (SSSR count). The lowest BCUT2D eigenvalue weighted by Crippen LogP contribution is -2.35. The molecule has 0 amide bonds. The van der Waals surface area contributed by atoms with Gasteiger partial charge in [0.2, 0.25) is 0 Å². The Morgan fingerprint density at radius 1 is 1.38 bits per heavy atom. The van der Waals surface area contributed by atoms with E-state index in [2.05, 4.69) is 6.92 Å². The van der Waals surface area contributed by atoms with E-state index < -0.39 is 11.9 Å². The van der Waals surface area contributed by atoms with Crippen molar-refractivity contribution in [3.8, 4) is 0 Å². The summed E-state index contributed by atoms with van der Waals surface area (Å²) in [5.41, 5.74) is 0. The van der Waals surface area contributed by atoms with Gasteiger partial charge in [0, 0.05) is 6.42 Å². The van der Waals surface area contributed by atoms with Crippen molar-refractivity contribution in [2.45, 2.75) is 58.3 Å². The average molecular weight is 190 g/mol. The Labute approximate surface area is 80.7 Å². The third kappa shape index (κ3) is 6.02. The fourth-order valence-corrected chi connectivity index (χ4v) is 1.17. The van der Waals surface area contributed by atoms with Gasteiger partial charge in [0.05, 0.1) is 12.7 Å². The second-order valence-electron chi connectivity index (χ2n) is 3.55.